The van der Waals surface area contributed by atoms with Crippen molar-refractivity contribution in [2.75, 3.05) is 24.0 Å². The van der Waals surface area contributed by atoms with E-state index >= 15 is 0 Å². The Morgan fingerprint density at radius 3 is 2.84 bits per heavy atom. The summed E-state index contributed by atoms with van der Waals surface area (Å²) in [4.78, 5) is 3.88. The molecule has 0 aliphatic rings. The van der Waals surface area contributed by atoms with Crippen LogP contribution in [0, 0.1) is 0 Å². The lowest BCUT2D eigenvalue weighted by Gasteiger charge is -2.10. The van der Waals surface area contributed by atoms with Crippen molar-refractivity contribution in [3.8, 4) is 0 Å². The Morgan fingerprint density at radius 2 is 2.16 bits per heavy atom. The van der Waals surface area contributed by atoms with E-state index in [1.54, 1.807) is 11.8 Å². The highest BCUT2D eigenvalue weighted by molar-refractivity contribution is 7.98. The number of hydrogen-bond donors (Lipinski definition) is 3. The zero-order valence-corrected chi connectivity index (χ0v) is 12.6. The molecule has 4 N–H and O–H groups in total. The quantitative estimate of drug-likeness (QED) is 0.360. The first-order valence-corrected chi connectivity index (χ1v) is 8.88. The van der Waals surface area contributed by atoms with Gasteiger partial charge >= 0.3 is 0 Å². The standard InChI is InChI=1S/C11H20N4O2S2/c1-18-8-4-2-3-6-14-19(16,17)11-9-13-7-5-10(11)15-12/h5,7,9,14H,2-4,6,8,12H2,1H3,(H,13,15). The number of nitrogens with two attached hydrogens (primary N) is 1. The molecule has 1 rings (SSSR count). The van der Waals surface area contributed by atoms with Crippen molar-refractivity contribution >= 4 is 27.5 Å². The molecule has 1 aromatic heterocycles. The first-order valence-electron chi connectivity index (χ1n) is 6.01. The molecule has 0 amide bonds. The second-order valence-corrected chi connectivity index (χ2v) is 6.69. The van der Waals surface area contributed by atoms with Crippen LogP contribution >= 0.6 is 11.8 Å². The van der Waals surface area contributed by atoms with Crippen LogP contribution in [0.2, 0.25) is 0 Å². The van der Waals surface area contributed by atoms with Crippen LogP contribution in [0.25, 0.3) is 0 Å². The van der Waals surface area contributed by atoms with Gasteiger partial charge in [-0.15, -0.1) is 0 Å². The molecule has 0 fully saturated rings. The van der Waals surface area contributed by atoms with Crippen LogP contribution in [-0.2, 0) is 10.0 Å². The number of unbranched alkanes of at least 4 members (excludes halogenated alkanes) is 2. The molecule has 0 radical (unpaired) electrons. The largest absolute Gasteiger partial charge is 0.323 e. The minimum atomic E-state index is -3.56. The SMILES string of the molecule is CSCCCCCNS(=O)(=O)c1cnccc1NN. The highest BCUT2D eigenvalue weighted by Gasteiger charge is 2.17. The maximum Gasteiger partial charge on any atom is 0.244 e. The molecule has 6 nitrogen and oxygen atoms in total. The van der Waals surface area contributed by atoms with Crippen molar-refractivity contribution in [1.29, 1.82) is 0 Å². The number of thioether (sulfide) groups is 1. The Kier molecular flexibility index (Phi) is 7.14. The van der Waals surface area contributed by atoms with Crippen LogP contribution in [0.15, 0.2) is 23.4 Å². The van der Waals surface area contributed by atoms with E-state index in [0.29, 0.717) is 12.2 Å². The summed E-state index contributed by atoms with van der Waals surface area (Å²) in [5.41, 5.74) is 2.70. The topological polar surface area (TPSA) is 97.1 Å². The van der Waals surface area contributed by atoms with Gasteiger partial charge in [0.25, 0.3) is 0 Å². The van der Waals surface area contributed by atoms with Crippen LogP contribution in [-0.4, -0.2) is 32.0 Å². The number of rotatable bonds is 9. The number of nitrogens with zero attached hydrogens (tertiary/aromatic N) is 1. The van der Waals surface area contributed by atoms with Gasteiger partial charge in [-0.25, -0.2) is 13.1 Å². The number of hydrogen-bond acceptors (Lipinski definition) is 6. The van der Waals surface area contributed by atoms with E-state index in [-0.39, 0.29) is 4.90 Å². The first-order chi connectivity index (χ1) is 9.11. The normalized spacial score (nSPS) is 11.5. The van der Waals surface area contributed by atoms with Gasteiger partial charge in [-0.05, 0) is 30.9 Å². The fourth-order valence-corrected chi connectivity index (χ4v) is 3.22. The molecule has 0 aliphatic carbocycles. The molecule has 0 saturated heterocycles. The maximum absolute atomic E-state index is 12.0. The maximum atomic E-state index is 12.0. The molecular weight excluding hydrogens is 284 g/mol. The van der Waals surface area contributed by atoms with Gasteiger partial charge in [-0.1, -0.05) is 6.42 Å². The van der Waals surface area contributed by atoms with Crippen LogP contribution < -0.4 is 16.0 Å². The number of nitrogen functional groups attached to an aromatic ring is 1. The minimum absolute atomic E-state index is 0.0709. The molecule has 0 bridgehead atoms. The Labute approximate surface area is 118 Å². The van der Waals surface area contributed by atoms with Crippen LogP contribution in [0.1, 0.15) is 19.3 Å². The van der Waals surface area contributed by atoms with Crippen LogP contribution in [0.5, 0.6) is 0 Å². The highest BCUT2D eigenvalue weighted by Crippen LogP contribution is 2.17. The van der Waals surface area contributed by atoms with Crippen LogP contribution in [0.3, 0.4) is 0 Å². The van der Waals surface area contributed by atoms with E-state index in [0.717, 1.165) is 25.0 Å². The van der Waals surface area contributed by atoms with E-state index in [4.69, 9.17) is 5.84 Å². The van der Waals surface area contributed by atoms with E-state index < -0.39 is 10.0 Å². The van der Waals surface area contributed by atoms with Gasteiger partial charge in [0.1, 0.15) is 4.90 Å². The van der Waals surface area contributed by atoms with Gasteiger partial charge in [-0.3, -0.25) is 10.8 Å². The van der Waals surface area contributed by atoms with Gasteiger partial charge in [-0.2, -0.15) is 11.8 Å². The predicted octanol–water partition coefficient (Wildman–Crippen LogP) is 1.18. The smallest absolute Gasteiger partial charge is 0.244 e. The molecule has 0 aromatic carbocycles. The van der Waals surface area contributed by atoms with Gasteiger partial charge in [0.15, 0.2) is 0 Å². The third-order valence-electron chi connectivity index (χ3n) is 2.55. The summed E-state index contributed by atoms with van der Waals surface area (Å²) in [5.74, 6) is 6.39. The minimum Gasteiger partial charge on any atom is -0.323 e. The number of sulfonamides is 1. The zero-order valence-electron chi connectivity index (χ0n) is 10.9. The molecule has 0 aliphatic heterocycles. The lowest BCUT2D eigenvalue weighted by atomic mass is 10.2. The first kappa shape index (κ1) is 16.2. The van der Waals surface area contributed by atoms with Gasteiger partial charge < -0.3 is 5.43 Å². The Bertz CT molecular complexity index is 479. The number of pyridine rings is 1. The molecule has 1 heterocycles. The van der Waals surface area contributed by atoms with Crippen molar-refractivity contribution in [3.05, 3.63) is 18.5 Å². The van der Waals surface area contributed by atoms with Crippen molar-refractivity contribution in [2.45, 2.75) is 24.2 Å². The van der Waals surface area contributed by atoms with E-state index in [1.807, 2.05) is 0 Å². The molecule has 0 saturated carbocycles. The second-order valence-electron chi connectivity index (χ2n) is 3.97. The summed E-state index contributed by atoms with van der Waals surface area (Å²) in [6.07, 6.45) is 7.77. The number of anilines is 1. The van der Waals surface area contributed by atoms with E-state index in [9.17, 15) is 8.42 Å². The van der Waals surface area contributed by atoms with Gasteiger partial charge in [0, 0.05) is 18.9 Å². The van der Waals surface area contributed by atoms with Crippen molar-refractivity contribution in [2.24, 2.45) is 5.84 Å². The van der Waals surface area contributed by atoms with E-state index in [1.165, 1.54) is 18.5 Å². The van der Waals surface area contributed by atoms with Gasteiger partial charge in [0.05, 0.1) is 5.69 Å². The summed E-state index contributed by atoms with van der Waals surface area (Å²) in [7, 11) is -3.56. The summed E-state index contributed by atoms with van der Waals surface area (Å²) in [6, 6.07) is 1.52. The molecule has 8 heteroatoms. The van der Waals surface area contributed by atoms with E-state index in [2.05, 4.69) is 21.4 Å². The number of hydrazine groups is 1. The molecule has 108 valence electrons. The average Bonchev–Trinajstić information content (AvgIpc) is 2.42. The monoisotopic (exact) mass is 304 g/mol. The molecule has 0 atom stereocenters. The lowest BCUT2D eigenvalue weighted by molar-refractivity contribution is 0.576. The van der Waals surface area contributed by atoms with Crippen molar-refractivity contribution in [1.82, 2.24) is 9.71 Å². The highest BCUT2D eigenvalue weighted by atomic mass is 32.2. The summed E-state index contributed by atoms with van der Waals surface area (Å²) < 4.78 is 26.7. The summed E-state index contributed by atoms with van der Waals surface area (Å²) in [6.45, 7) is 0.426. The lowest BCUT2D eigenvalue weighted by Crippen LogP contribution is -2.26. The van der Waals surface area contributed by atoms with Gasteiger partial charge in [0.2, 0.25) is 10.0 Å². The predicted molar refractivity (Wildman–Crippen MR) is 79.5 cm³/mol. The second kappa shape index (κ2) is 8.36. The van der Waals surface area contributed by atoms with Crippen molar-refractivity contribution < 1.29 is 8.42 Å². The number of aromatic nitrogens is 1. The van der Waals surface area contributed by atoms with Crippen molar-refractivity contribution in [3.63, 3.8) is 0 Å². The fraction of sp³-hybridized carbons (Fsp3) is 0.545. The van der Waals surface area contributed by atoms with Crippen LogP contribution in [0.4, 0.5) is 5.69 Å². The third kappa shape index (κ3) is 5.35. The molecule has 0 spiro atoms. The molecule has 1 aromatic rings. The summed E-state index contributed by atoms with van der Waals surface area (Å²) in [5, 5.41) is 0. The Morgan fingerprint density at radius 1 is 1.37 bits per heavy atom. The number of nitrogens with one attached hydrogen (secondary N) is 2. The molecule has 19 heavy (non-hydrogen) atoms. The third-order valence-corrected chi connectivity index (χ3v) is 4.73. The Balaban J connectivity index is 2.52. The average molecular weight is 304 g/mol. The molecule has 0 unspecified atom stereocenters. The zero-order chi connectivity index (χ0) is 14.1. The Hall–Kier alpha value is -0.830. The fourth-order valence-electron chi connectivity index (χ4n) is 1.55. The summed E-state index contributed by atoms with van der Waals surface area (Å²) >= 11 is 1.80. The molecular formula is C11H20N4O2S2.